The lowest BCUT2D eigenvalue weighted by Crippen LogP contribution is -2.12. The molecule has 0 amide bonds. The van der Waals surface area contributed by atoms with Gasteiger partial charge in [-0.15, -0.1) is 10.2 Å². The second kappa shape index (κ2) is 4.57. The average molecular weight is 219 g/mol. The Hall–Kier alpha value is -1.49. The van der Waals surface area contributed by atoms with Gasteiger partial charge in [-0.1, -0.05) is 6.92 Å². The van der Waals surface area contributed by atoms with Crippen molar-refractivity contribution in [2.45, 2.75) is 26.7 Å². The van der Waals surface area contributed by atoms with Gasteiger partial charge in [0.15, 0.2) is 5.65 Å². The number of hydrogen-bond acceptors (Lipinski definition) is 4. The molecule has 0 saturated heterocycles. The van der Waals surface area contributed by atoms with Crippen LogP contribution in [0.15, 0.2) is 12.4 Å². The molecule has 1 atom stereocenters. The van der Waals surface area contributed by atoms with Gasteiger partial charge in [0.25, 0.3) is 0 Å². The predicted octanol–water partition coefficient (Wildman–Crippen LogP) is 0.960. The van der Waals surface area contributed by atoms with Gasteiger partial charge in [0.1, 0.15) is 12.2 Å². The first-order valence-electron chi connectivity index (χ1n) is 5.57. The molecule has 1 unspecified atom stereocenters. The number of rotatable bonds is 4. The summed E-state index contributed by atoms with van der Waals surface area (Å²) in [5.74, 6) is 1.48. The van der Waals surface area contributed by atoms with Crippen LogP contribution in [0.2, 0.25) is 0 Å². The molecule has 2 heterocycles. The summed E-state index contributed by atoms with van der Waals surface area (Å²) in [6, 6.07) is 1.93. The molecule has 16 heavy (non-hydrogen) atoms. The number of hydrogen-bond donors (Lipinski definition) is 1. The standard InChI is InChI=1S/C11H17N5/c1-8(6-12)3-4-10-14-15-11-5-9(2)13-7-16(10)11/h5,7-8H,3-4,6,12H2,1-2H3. The third-order valence-electron chi connectivity index (χ3n) is 2.77. The monoisotopic (exact) mass is 219 g/mol. The van der Waals surface area contributed by atoms with E-state index in [1.54, 1.807) is 6.33 Å². The van der Waals surface area contributed by atoms with Gasteiger partial charge in [-0.2, -0.15) is 0 Å². The summed E-state index contributed by atoms with van der Waals surface area (Å²) in [5.41, 5.74) is 7.41. The molecule has 0 spiro atoms. The minimum atomic E-state index is 0.519. The first kappa shape index (κ1) is 11.0. The third kappa shape index (κ3) is 2.19. The van der Waals surface area contributed by atoms with E-state index < -0.39 is 0 Å². The SMILES string of the molecule is Cc1cc2nnc(CCC(C)CN)n2cn1. The van der Waals surface area contributed by atoms with Gasteiger partial charge in [0.05, 0.1) is 0 Å². The van der Waals surface area contributed by atoms with E-state index >= 15 is 0 Å². The van der Waals surface area contributed by atoms with Crippen LogP contribution in [0, 0.1) is 12.8 Å². The van der Waals surface area contributed by atoms with Crippen LogP contribution in [-0.2, 0) is 6.42 Å². The summed E-state index contributed by atoms with van der Waals surface area (Å²) in [5, 5.41) is 8.30. The quantitative estimate of drug-likeness (QED) is 0.831. The third-order valence-corrected chi connectivity index (χ3v) is 2.77. The summed E-state index contributed by atoms with van der Waals surface area (Å²) in [6.45, 7) is 4.81. The summed E-state index contributed by atoms with van der Waals surface area (Å²) in [4.78, 5) is 4.25. The van der Waals surface area contributed by atoms with Crippen molar-refractivity contribution in [3.05, 3.63) is 23.9 Å². The topological polar surface area (TPSA) is 69.1 Å². The maximum Gasteiger partial charge on any atom is 0.163 e. The van der Waals surface area contributed by atoms with E-state index in [4.69, 9.17) is 5.73 Å². The van der Waals surface area contributed by atoms with E-state index in [9.17, 15) is 0 Å². The Morgan fingerprint density at radius 3 is 3.00 bits per heavy atom. The van der Waals surface area contributed by atoms with Crippen molar-refractivity contribution in [1.29, 1.82) is 0 Å². The molecule has 2 rings (SSSR count). The fraction of sp³-hybridized carbons (Fsp3) is 0.545. The predicted molar refractivity (Wildman–Crippen MR) is 62.1 cm³/mol. The lowest BCUT2D eigenvalue weighted by atomic mass is 10.1. The van der Waals surface area contributed by atoms with E-state index in [2.05, 4.69) is 22.1 Å². The molecule has 0 fully saturated rings. The highest BCUT2D eigenvalue weighted by atomic mass is 15.3. The zero-order valence-corrected chi connectivity index (χ0v) is 9.72. The summed E-state index contributed by atoms with van der Waals surface area (Å²) in [6.07, 6.45) is 3.71. The minimum Gasteiger partial charge on any atom is -0.330 e. The van der Waals surface area contributed by atoms with Crippen LogP contribution in [0.25, 0.3) is 5.65 Å². The molecule has 5 nitrogen and oxygen atoms in total. The number of nitrogens with zero attached hydrogens (tertiary/aromatic N) is 4. The van der Waals surface area contributed by atoms with E-state index in [0.29, 0.717) is 12.5 Å². The van der Waals surface area contributed by atoms with Crippen LogP contribution in [0.4, 0.5) is 0 Å². The van der Waals surface area contributed by atoms with Crippen molar-refractivity contribution >= 4 is 5.65 Å². The van der Waals surface area contributed by atoms with Gasteiger partial charge >= 0.3 is 0 Å². The van der Waals surface area contributed by atoms with E-state index in [0.717, 1.165) is 30.0 Å². The van der Waals surface area contributed by atoms with Crippen LogP contribution >= 0.6 is 0 Å². The lowest BCUT2D eigenvalue weighted by Gasteiger charge is -2.06. The van der Waals surface area contributed by atoms with Crippen molar-refractivity contribution in [2.75, 3.05) is 6.54 Å². The van der Waals surface area contributed by atoms with Crippen LogP contribution in [0.3, 0.4) is 0 Å². The molecule has 0 aliphatic heterocycles. The van der Waals surface area contributed by atoms with Gasteiger partial charge in [0, 0.05) is 18.2 Å². The van der Waals surface area contributed by atoms with Crippen LogP contribution in [-0.4, -0.2) is 26.1 Å². The Morgan fingerprint density at radius 1 is 1.44 bits per heavy atom. The number of fused-ring (bicyclic) bond motifs is 1. The van der Waals surface area contributed by atoms with Gasteiger partial charge in [0.2, 0.25) is 0 Å². The molecule has 2 aromatic rings. The minimum absolute atomic E-state index is 0.519. The maximum absolute atomic E-state index is 5.59. The first-order valence-corrected chi connectivity index (χ1v) is 5.57. The van der Waals surface area contributed by atoms with Gasteiger partial charge in [-0.05, 0) is 25.8 Å². The molecule has 2 N–H and O–H groups in total. The zero-order chi connectivity index (χ0) is 11.5. The normalized spacial score (nSPS) is 13.2. The Kier molecular flexibility index (Phi) is 3.14. The average Bonchev–Trinajstić information content (AvgIpc) is 2.68. The van der Waals surface area contributed by atoms with Crippen molar-refractivity contribution in [1.82, 2.24) is 19.6 Å². The first-order chi connectivity index (χ1) is 7.70. The Bertz CT molecular complexity index is 476. The number of nitrogens with two attached hydrogens (primary N) is 1. The summed E-state index contributed by atoms with van der Waals surface area (Å²) < 4.78 is 1.94. The van der Waals surface area contributed by atoms with E-state index in [1.807, 2.05) is 17.4 Å². The molecule has 0 saturated carbocycles. The van der Waals surface area contributed by atoms with Gasteiger partial charge in [-0.3, -0.25) is 4.40 Å². The number of aromatic nitrogens is 4. The van der Waals surface area contributed by atoms with Crippen molar-refractivity contribution in [3.63, 3.8) is 0 Å². The molecule has 0 bridgehead atoms. The fourth-order valence-electron chi connectivity index (χ4n) is 1.60. The molecule has 0 radical (unpaired) electrons. The van der Waals surface area contributed by atoms with Gasteiger partial charge < -0.3 is 5.73 Å². The summed E-state index contributed by atoms with van der Waals surface area (Å²) in [7, 11) is 0. The van der Waals surface area contributed by atoms with Crippen LogP contribution in [0.1, 0.15) is 24.9 Å². The molecule has 0 aliphatic rings. The van der Waals surface area contributed by atoms with Crippen molar-refractivity contribution in [2.24, 2.45) is 11.7 Å². The molecule has 0 aromatic carbocycles. The smallest absolute Gasteiger partial charge is 0.163 e. The maximum atomic E-state index is 5.59. The van der Waals surface area contributed by atoms with Crippen LogP contribution in [0.5, 0.6) is 0 Å². The second-order valence-electron chi connectivity index (χ2n) is 4.25. The molecular formula is C11H17N5. The fourth-order valence-corrected chi connectivity index (χ4v) is 1.60. The van der Waals surface area contributed by atoms with E-state index in [1.165, 1.54) is 0 Å². The Morgan fingerprint density at radius 2 is 2.25 bits per heavy atom. The number of aryl methyl sites for hydroxylation is 2. The highest BCUT2D eigenvalue weighted by Crippen LogP contribution is 2.09. The molecule has 86 valence electrons. The van der Waals surface area contributed by atoms with E-state index in [-0.39, 0.29) is 0 Å². The van der Waals surface area contributed by atoms with Gasteiger partial charge in [-0.25, -0.2) is 4.98 Å². The second-order valence-corrected chi connectivity index (χ2v) is 4.25. The largest absolute Gasteiger partial charge is 0.330 e. The Labute approximate surface area is 94.7 Å². The zero-order valence-electron chi connectivity index (χ0n) is 9.72. The van der Waals surface area contributed by atoms with Crippen LogP contribution < -0.4 is 5.73 Å². The van der Waals surface area contributed by atoms with Crippen molar-refractivity contribution in [3.8, 4) is 0 Å². The Balaban J connectivity index is 2.19. The van der Waals surface area contributed by atoms with Crippen molar-refractivity contribution < 1.29 is 0 Å². The lowest BCUT2D eigenvalue weighted by molar-refractivity contribution is 0.534. The molecular weight excluding hydrogens is 202 g/mol. The highest BCUT2D eigenvalue weighted by Gasteiger charge is 2.07. The summed E-state index contributed by atoms with van der Waals surface area (Å²) >= 11 is 0. The molecule has 0 aliphatic carbocycles. The molecule has 2 aromatic heterocycles. The molecule has 5 heteroatoms. The highest BCUT2D eigenvalue weighted by molar-refractivity contribution is 5.37.